The Balaban J connectivity index is 3.50. The highest BCUT2D eigenvalue weighted by Gasteiger charge is 2.14. The molecule has 1 aromatic rings. The van der Waals surface area contributed by atoms with Gasteiger partial charge >= 0.3 is 0 Å². The number of aromatic amines is 1. The van der Waals surface area contributed by atoms with Crippen LogP contribution in [0.25, 0.3) is 0 Å². The second kappa shape index (κ2) is 3.08. The third kappa shape index (κ3) is 2.00. The Bertz CT molecular complexity index is 450. The molecule has 0 fully saturated rings. The van der Waals surface area contributed by atoms with Crippen LogP contribution in [0.1, 0.15) is 0 Å². The van der Waals surface area contributed by atoms with E-state index in [-0.39, 0.29) is 5.15 Å². The van der Waals surface area contributed by atoms with Crippen LogP contribution in [-0.2, 0) is 9.05 Å². The van der Waals surface area contributed by atoms with E-state index in [1.54, 1.807) is 0 Å². The topological polar surface area (TPSA) is 67.0 Å². The van der Waals surface area contributed by atoms with Gasteiger partial charge in [-0.25, -0.2) is 8.42 Å². The minimum absolute atomic E-state index is 0.0593. The summed E-state index contributed by atoms with van der Waals surface area (Å²) < 4.78 is 21.3. The Kier molecular flexibility index (Phi) is 2.46. The molecule has 0 aliphatic rings. The summed E-state index contributed by atoms with van der Waals surface area (Å²) in [5.74, 6) is 0. The maximum Gasteiger partial charge on any atom is 0.269 e. The predicted octanol–water partition coefficient (Wildman–Crippen LogP) is 0.956. The molecule has 4 nitrogen and oxygen atoms in total. The van der Waals surface area contributed by atoms with Gasteiger partial charge in [-0.2, -0.15) is 0 Å². The van der Waals surface area contributed by atoms with Crippen molar-refractivity contribution < 1.29 is 8.42 Å². The van der Waals surface area contributed by atoms with Crippen LogP contribution in [0.3, 0.4) is 0 Å². The highest BCUT2D eigenvalue weighted by Crippen LogP contribution is 2.10. The summed E-state index contributed by atoms with van der Waals surface area (Å²) in [6, 6.07) is 2.28. The van der Waals surface area contributed by atoms with E-state index < -0.39 is 19.5 Å². The molecule has 0 saturated heterocycles. The van der Waals surface area contributed by atoms with Crippen LogP contribution >= 0.6 is 22.3 Å². The summed E-state index contributed by atoms with van der Waals surface area (Å²) in [6.07, 6.45) is 0. The zero-order valence-electron chi connectivity index (χ0n) is 5.54. The van der Waals surface area contributed by atoms with Crippen LogP contribution < -0.4 is 5.56 Å². The lowest BCUT2D eigenvalue weighted by Gasteiger charge is -1.93. The molecule has 12 heavy (non-hydrogen) atoms. The van der Waals surface area contributed by atoms with E-state index in [1.807, 2.05) is 0 Å². The average molecular weight is 228 g/mol. The van der Waals surface area contributed by atoms with Gasteiger partial charge in [0.05, 0.1) is 0 Å². The fraction of sp³-hybridized carbons (Fsp3) is 0. The molecule has 0 atom stereocenters. The summed E-state index contributed by atoms with van der Waals surface area (Å²) in [7, 11) is 0.945. The number of hydrogen-bond acceptors (Lipinski definition) is 3. The van der Waals surface area contributed by atoms with E-state index >= 15 is 0 Å². The number of halogens is 2. The van der Waals surface area contributed by atoms with Crippen LogP contribution in [0.15, 0.2) is 21.8 Å². The Hall–Kier alpha value is -0.520. The molecule has 1 aromatic heterocycles. The van der Waals surface area contributed by atoms with Crippen molar-refractivity contribution in [2.24, 2.45) is 0 Å². The maximum atomic E-state index is 10.9. The second-order valence-corrected chi connectivity index (χ2v) is 4.88. The summed E-state index contributed by atoms with van der Waals surface area (Å²) >= 11 is 5.37. The third-order valence-corrected chi connectivity index (χ3v) is 2.67. The van der Waals surface area contributed by atoms with Gasteiger partial charge in [0.25, 0.3) is 14.6 Å². The van der Waals surface area contributed by atoms with Gasteiger partial charge in [0, 0.05) is 10.7 Å². The van der Waals surface area contributed by atoms with Gasteiger partial charge in [-0.05, 0) is 12.1 Å². The van der Waals surface area contributed by atoms with Gasteiger partial charge in [0.15, 0.2) is 0 Å². The van der Waals surface area contributed by atoms with Crippen LogP contribution in [0.2, 0.25) is 5.15 Å². The molecule has 0 aliphatic heterocycles. The van der Waals surface area contributed by atoms with Crippen LogP contribution in [0.5, 0.6) is 0 Å². The molecular formula is C5H3Cl2NO3S. The predicted molar refractivity (Wildman–Crippen MR) is 45.1 cm³/mol. The van der Waals surface area contributed by atoms with Crippen molar-refractivity contribution >= 4 is 31.3 Å². The molecule has 1 N–H and O–H groups in total. The first-order valence-electron chi connectivity index (χ1n) is 2.75. The smallest absolute Gasteiger partial charge is 0.269 e. The van der Waals surface area contributed by atoms with Crippen molar-refractivity contribution in [3.8, 4) is 0 Å². The number of rotatable bonds is 1. The molecule has 0 spiro atoms. The first kappa shape index (κ1) is 9.57. The largest absolute Gasteiger partial charge is 0.312 e. The molecule has 0 unspecified atom stereocenters. The van der Waals surface area contributed by atoms with Crippen LogP contribution in [-0.4, -0.2) is 13.4 Å². The number of pyridine rings is 1. The van der Waals surface area contributed by atoms with Crippen molar-refractivity contribution in [1.29, 1.82) is 0 Å². The lowest BCUT2D eigenvalue weighted by atomic mass is 10.5. The molecule has 0 amide bonds. The average Bonchev–Trinajstić information content (AvgIpc) is 1.83. The van der Waals surface area contributed by atoms with Gasteiger partial charge in [-0.15, -0.1) is 0 Å². The summed E-state index contributed by atoms with van der Waals surface area (Å²) in [5, 5.41) is 0.0593. The van der Waals surface area contributed by atoms with E-state index in [0.717, 1.165) is 6.07 Å². The highest BCUT2D eigenvalue weighted by molar-refractivity contribution is 8.13. The molecule has 0 aliphatic carbocycles. The molecular weight excluding hydrogens is 225 g/mol. The summed E-state index contributed by atoms with van der Waals surface area (Å²) in [5.41, 5.74) is -0.822. The zero-order chi connectivity index (χ0) is 9.35. The lowest BCUT2D eigenvalue weighted by Crippen LogP contribution is -2.13. The van der Waals surface area contributed by atoms with E-state index in [0.29, 0.717) is 0 Å². The molecule has 0 aromatic carbocycles. The van der Waals surface area contributed by atoms with Gasteiger partial charge in [0.1, 0.15) is 10.0 Å². The molecule has 0 radical (unpaired) electrons. The van der Waals surface area contributed by atoms with Gasteiger partial charge in [-0.1, -0.05) is 11.6 Å². The van der Waals surface area contributed by atoms with Crippen molar-refractivity contribution in [2.45, 2.75) is 4.90 Å². The van der Waals surface area contributed by atoms with Gasteiger partial charge < -0.3 is 4.98 Å². The van der Waals surface area contributed by atoms with Gasteiger partial charge in [0.2, 0.25) is 0 Å². The Morgan fingerprint density at radius 1 is 1.33 bits per heavy atom. The van der Waals surface area contributed by atoms with Crippen molar-refractivity contribution in [2.75, 3.05) is 0 Å². The van der Waals surface area contributed by atoms with Crippen LogP contribution in [0, 0.1) is 0 Å². The van der Waals surface area contributed by atoms with Crippen molar-refractivity contribution in [3.05, 3.63) is 27.6 Å². The quantitative estimate of drug-likeness (QED) is 0.574. The molecule has 1 rings (SSSR count). The van der Waals surface area contributed by atoms with E-state index in [4.69, 9.17) is 22.3 Å². The Morgan fingerprint density at radius 3 is 2.33 bits per heavy atom. The second-order valence-electron chi connectivity index (χ2n) is 1.94. The van der Waals surface area contributed by atoms with E-state index in [1.165, 1.54) is 6.07 Å². The minimum Gasteiger partial charge on any atom is -0.312 e. The number of H-pyrrole nitrogens is 1. The normalized spacial score (nSPS) is 11.5. The Morgan fingerprint density at radius 2 is 1.92 bits per heavy atom. The maximum absolute atomic E-state index is 10.9. The minimum atomic E-state index is -3.98. The van der Waals surface area contributed by atoms with Crippen molar-refractivity contribution in [1.82, 2.24) is 4.98 Å². The third-order valence-electron chi connectivity index (χ3n) is 1.10. The summed E-state index contributed by atoms with van der Waals surface area (Å²) in [6.45, 7) is 0. The fourth-order valence-electron chi connectivity index (χ4n) is 0.628. The Labute approximate surface area is 77.5 Å². The molecule has 7 heteroatoms. The monoisotopic (exact) mass is 227 g/mol. The molecule has 0 bridgehead atoms. The SMILES string of the molecule is O=c1[nH]c(Cl)ccc1S(=O)(=O)Cl. The zero-order valence-corrected chi connectivity index (χ0v) is 7.87. The highest BCUT2D eigenvalue weighted by atomic mass is 35.7. The first-order chi connectivity index (χ1) is 5.41. The number of hydrogen-bond donors (Lipinski definition) is 1. The first-order valence-corrected chi connectivity index (χ1v) is 5.43. The van der Waals surface area contributed by atoms with E-state index in [9.17, 15) is 13.2 Å². The molecule has 1 heterocycles. The number of nitrogens with one attached hydrogen (secondary N) is 1. The standard InChI is InChI=1S/C5H3Cl2NO3S/c6-4-2-1-3(5(9)8-4)12(7,10)11/h1-2H,(H,8,9). The van der Waals surface area contributed by atoms with Crippen LogP contribution in [0.4, 0.5) is 0 Å². The van der Waals surface area contributed by atoms with E-state index in [2.05, 4.69) is 4.98 Å². The lowest BCUT2D eigenvalue weighted by molar-refractivity contribution is 0.608. The van der Waals surface area contributed by atoms with Gasteiger partial charge in [-0.3, -0.25) is 4.79 Å². The molecule has 66 valence electrons. The fourth-order valence-corrected chi connectivity index (χ4v) is 1.64. The number of aromatic nitrogens is 1. The van der Waals surface area contributed by atoms with Crippen molar-refractivity contribution in [3.63, 3.8) is 0 Å². The summed E-state index contributed by atoms with van der Waals surface area (Å²) in [4.78, 5) is 12.5. The molecule has 0 saturated carbocycles.